The first-order valence-electron chi connectivity index (χ1n) is 3.27. The van der Waals surface area contributed by atoms with Gasteiger partial charge in [-0.2, -0.15) is 0 Å². The van der Waals surface area contributed by atoms with Gasteiger partial charge in [-0.1, -0.05) is 0 Å². The number of hydrogen-bond donors (Lipinski definition) is 1. The minimum Gasteiger partial charge on any atom is -0.344 e. The molecule has 2 rings (SSSR count). The topological polar surface area (TPSA) is 41.6 Å². The van der Waals surface area contributed by atoms with Crippen molar-refractivity contribution in [2.45, 2.75) is 6.92 Å². The molecule has 0 radical (unpaired) electrons. The highest BCUT2D eigenvalue weighted by Gasteiger charge is 2.00. The van der Waals surface area contributed by atoms with Crippen molar-refractivity contribution in [1.82, 2.24) is 15.0 Å². The zero-order valence-electron chi connectivity index (χ0n) is 6.03. The first-order chi connectivity index (χ1) is 5.36. The van der Waals surface area contributed by atoms with Crippen molar-refractivity contribution in [2.75, 3.05) is 0 Å². The van der Waals surface area contributed by atoms with E-state index in [0.29, 0.717) is 0 Å². The second-order valence-corrected chi connectivity index (χ2v) is 3.44. The van der Waals surface area contributed by atoms with Gasteiger partial charge in [-0.05, 0) is 6.92 Å². The van der Waals surface area contributed by atoms with Crippen LogP contribution in [0.15, 0.2) is 18.7 Å². The number of nitrogens with one attached hydrogen (secondary N) is 1. The molecule has 0 bridgehead atoms. The quantitative estimate of drug-likeness (QED) is 0.700. The highest BCUT2D eigenvalue weighted by atomic mass is 32.1. The molecule has 0 atom stereocenters. The van der Waals surface area contributed by atoms with Crippen LogP contribution in [0.25, 0.3) is 10.6 Å². The number of hydrogen-bond acceptors (Lipinski definition) is 3. The third kappa shape index (κ3) is 1.17. The summed E-state index contributed by atoms with van der Waals surface area (Å²) in [6.45, 7) is 1.99. The first-order valence-corrected chi connectivity index (χ1v) is 4.09. The molecule has 0 aliphatic heterocycles. The summed E-state index contributed by atoms with van der Waals surface area (Å²) in [6.07, 6.45) is 5.32. The van der Waals surface area contributed by atoms with E-state index in [1.54, 1.807) is 23.9 Å². The Balaban J connectivity index is 2.45. The van der Waals surface area contributed by atoms with E-state index in [1.807, 2.05) is 13.1 Å². The average molecular weight is 165 g/mol. The highest BCUT2D eigenvalue weighted by molar-refractivity contribution is 7.15. The molecule has 0 aromatic carbocycles. The van der Waals surface area contributed by atoms with Crippen LogP contribution in [0.2, 0.25) is 0 Å². The Morgan fingerprint density at radius 2 is 2.36 bits per heavy atom. The average Bonchev–Trinajstić information content (AvgIpc) is 2.55. The standard InChI is InChI=1S/C7H7N3S/c1-5-9-3-7(11-5)6-2-8-4-10-6/h2-4H,1H3,(H,8,10). The molecule has 11 heavy (non-hydrogen) atoms. The van der Waals surface area contributed by atoms with Gasteiger partial charge in [0.25, 0.3) is 0 Å². The van der Waals surface area contributed by atoms with Crippen molar-refractivity contribution in [3.63, 3.8) is 0 Å². The Labute approximate surface area is 68.1 Å². The molecule has 2 aromatic rings. The zero-order chi connectivity index (χ0) is 7.68. The summed E-state index contributed by atoms with van der Waals surface area (Å²) in [5, 5.41) is 1.08. The highest BCUT2D eigenvalue weighted by Crippen LogP contribution is 2.22. The summed E-state index contributed by atoms with van der Waals surface area (Å²) in [5.74, 6) is 0. The van der Waals surface area contributed by atoms with Crippen molar-refractivity contribution >= 4 is 11.3 Å². The molecule has 2 aromatic heterocycles. The minimum absolute atomic E-state index is 1.04. The fourth-order valence-electron chi connectivity index (χ4n) is 0.877. The SMILES string of the molecule is Cc1ncc(-c2cnc[nH]2)s1. The summed E-state index contributed by atoms with van der Waals surface area (Å²) in [5.41, 5.74) is 1.04. The maximum atomic E-state index is 4.14. The largest absolute Gasteiger partial charge is 0.344 e. The number of aryl methyl sites for hydroxylation is 1. The molecular formula is C7H7N3S. The van der Waals surface area contributed by atoms with Gasteiger partial charge in [0.2, 0.25) is 0 Å². The molecular weight excluding hydrogens is 158 g/mol. The molecule has 1 N–H and O–H groups in total. The van der Waals surface area contributed by atoms with E-state index in [9.17, 15) is 0 Å². The van der Waals surface area contributed by atoms with Crippen molar-refractivity contribution in [3.8, 4) is 10.6 Å². The summed E-state index contributed by atoms with van der Waals surface area (Å²) in [6, 6.07) is 0. The Morgan fingerprint density at radius 1 is 1.45 bits per heavy atom. The molecule has 0 unspecified atom stereocenters. The molecule has 0 aliphatic carbocycles. The summed E-state index contributed by atoms with van der Waals surface area (Å²) in [7, 11) is 0. The van der Waals surface area contributed by atoms with Gasteiger partial charge in [-0.3, -0.25) is 0 Å². The lowest BCUT2D eigenvalue weighted by atomic mass is 10.4. The molecule has 56 valence electrons. The second kappa shape index (κ2) is 2.47. The van der Waals surface area contributed by atoms with Crippen molar-refractivity contribution in [1.29, 1.82) is 0 Å². The van der Waals surface area contributed by atoms with Gasteiger partial charge < -0.3 is 4.98 Å². The Morgan fingerprint density at radius 3 is 2.91 bits per heavy atom. The van der Waals surface area contributed by atoms with E-state index >= 15 is 0 Å². The van der Waals surface area contributed by atoms with E-state index in [0.717, 1.165) is 15.6 Å². The zero-order valence-corrected chi connectivity index (χ0v) is 6.85. The van der Waals surface area contributed by atoms with E-state index in [4.69, 9.17) is 0 Å². The molecule has 0 saturated heterocycles. The van der Waals surface area contributed by atoms with Crippen LogP contribution in [0.1, 0.15) is 5.01 Å². The molecule has 3 nitrogen and oxygen atoms in total. The second-order valence-electron chi connectivity index (χ2n) is 2.21. The lowest BCUT2D eigenvalue weighted by Gasteiger charge is -1.84. The van der Waals surface area contributed by atoms with Gasteiger partial charge in [0.15, 0.2) is 0 Å². The number of nitrogens with zero attached hydrogens (tertiary/aromatic N) is 2. The maximum absolute atomic E-state index is 4.14. The predicted molar refractivity (Wildman–Crippen MR) is 44.4 cm³/mol. The van der Waals surface area contributed by atoms with E-state index in [2.05, 4.69) is 15.0 Å². The van der Waals surface area contributed by atoms with Gasteiger partial charge >= 0.3 is 0 Å². The van der Waals surface area contributed by atoms with E-state index in [-0.39, 0.29) is 0 Å². The van der Waals surface area contributed by atoms with E-state index in [1.165, 1.54) is 0 Å². The molecule has 4 heteroatoms. The summed E-state index contributed by atoms with van der Waals surface area (Å²) in [4.78, 5) is 12.2. The van der Waals surface area contributed by atoms with Crippen LogP contribution in [0.5, 0.6) is 0 Å². The van der Waals surface area contributed by atoms with Crippen LogP contribution in [0.4, 0.5) is 0 Å². The molecule has 0 saturated carbocycles. The molecule has 0 fully saturated rings. The Kier molecular flexibility index (Phi) is 1.47. The number of rotatable bonds is 1. The van der Waals surface area contributed by atoms with Crippen LogP contribution < -0.4 is 0 Å². The fourth-order valence-corrected chi connectivity index (χ4v) is 1.63. The molecule has 0 spiro atoms. The number of thiazole rings is 1. The molecule has 0 aliphatic rings. The Hall–Kier alpha value is -1.16. The lowest BCUT2D eigenvalue weighted by molar-refractivity contribution is 1.29. The minimum atomic E-state index is 1.04. The Bertz CT molecular complexity index is 336. The lowest BCUT2D eigenvalue weighted by Crippen LogP contribution is -1.66. The predicted octanol–water partition coefficient (Wildman–Crippen LogP) is 1.84. The van der Waals surface area contributed by atoms with Crippen molar-refractivity contribution in [2.24, 2.45) is 0 Å². The van der Waals surface area contributed by atoms with Crippen molar-refractivity contribution in [3.05, 3.63) is 23.7 Å². The van der Waals surface area contributed by atoms with Crippen molar-refractivity contribution < 1.29 is 0 Å². The van der Waals surface area contributed by atoms with Gasteiger partial charge in [0.1, 0.15) is 0 Å². The molecule has 0 amide bonds. The first kappa shape index (κ1) is 6.54. The van der Waals surface area contributed by atoms with Crippen LogP contribution >= 0.6 is 11.3 Å². The van der Waals surface area contributed by atoms with E-state index < -0.39 is 0 Å². The van der Waals surface area contributed by atoms with Gasteiger partial charge in [0.05, 0.1) is 28.1 Å². The summed E-state index contributed by atoms with van der Waals surface area (Å²) < 4.78 is 0. The fraction of sp³-hybridized carbons (Fsp3) is 0.143. The number of aromatic nitrogens is 3. The third-order valence-corrected chi connectivity index (χ3v) is 2.33. The third-order valence-electron chi connectivity index (χ3n) is 1.38. The normalized spacial score (nSPS) is 10.3. The molecule has 2 heterocycles. The number of imidazole rings is 1. The van der Waals surface area contributed by atoms with Gasteiger partial charge in [0, 0.05) is 6.20 Å². The van der Waals surface area contributed by atoms with Gasteiger partial charge in [-0.25, -0.2) is 9.97 Å². The number of H-pyrrole nitrogens is 1. The monoisotopic (exact) mass is 165 g/mol. The van der Waals surface area contributed by atoms with Gasteiger partial charge in [-0.15, -0.1) is 11.3 Å². The van der Waals surface area contributed by atoms with Crippen LogP contribution in [0.3, 0.4) is 0 Å². The maximum Gasteiger partial charge on any atom is 0.0924 e. The number of aromatic amines is 1. The van der Waals surface area contributed by atoms with Crippen LogP contribution in [-0.2, 0) is 0 Å². The summed E-state index contributed by atoms with van der Waals surface area (Å²) >= 11 is 1.66. The van der Waals surface area contributed by atoms with Crippen LogP contribution in [-0.4, -0.2) is 15.0 Å². The smallest absolute Gasteiger partial charge is 0.0924 e. The van der Waals surface area contributed by atoms with Crippen LogP contribution in [0, 0.1) is 6.92 Å².